The second kappa shape index (κ2) is 6.74. The molecular weight excluding hydrogens is 359 g/mol. The number of halogens is 5. The first-order chi connectivity index (χ1) is 12.3. The van der Waals surface area contributed by atoms with Gasteiger partial charge in [0, 0.05) is 24.7 Å². The van der Waals surface area contributed by atoms with E-state index in [0.717, 1.165) is 23.1 Å². The van der Waals surface area contributed by atoms with Crippen LogP contribution in [-0.4, -0.2) is 18.4 Å². The lowest BCUT2D eigenvalue weighted by Gasteiger charge is -2.17. The molecule has 9 heteroatoms. The Labute approximate surface area is 144 Å². The first-order valence-electron chi connectivity index (χ1n) is 7.47. The third kappa shape index (κ3) is 3.24. The van der Waals surface area contributed by atoms with E-state index >= 15 is 0 Å². The molecule has 1 fully saturated rings. The van der Waals surface area contributed by atoms with Crippen molar-refractivity contribution in [2.75, 3.05) is 16.8 Å². The van der Waals surface area contributed by atoms with Crippen molar-refractivity contribution in [2.24, 2.45) is 5.92 Å². The minimum Gasteiger partial charge on any atom is -0.323 e. The molecule has 0 spiro atoms. The van der Waals surface area contributed by atoms with Crippen molar-refractivity contribution >= 4 is 23.2 Å². The average molecular weight is 370 g/mol. The van der Waals surface area contributed by atoms with Gasteiger partial charge in [-0.05, 0) is 24.3 Å². The maximum Gasteiger partial charge on any atom is 0.229 e. The van der Waals surface area contributed by atoms with Crippen LogP contribution in [0.3, 0.4) is 0 Å². The van der Waals surface area contributed by atoms with Gasteiger partial charge in [-0.1, -0.05) is 0 Å². The Morgan fingerprint density at radius 3 is 2.35 bits per heavy atom. The van der Waals surface area contributed by atoms with E-state index in [4.69, 9.17) is 0 Å². The summed E-state index contributed by atoms with van der Waals surface area (Å²) < 4.78 is 66.1. The molecule has 0 bridgehead atoms. The average Bonchev–Trinajstić information content (AvgIpc) is 3.00. The van der Waals surface area contributed by atoms with Crippen LogP contribution in [0.4, 0.5) is 33.3 Å². The van der Waals surface area contributed by atoms with Crippen LogP contribution in [-0.2, 0) is 9.59 Å². The van der Waals surface area contributed by atoms with Crippen LogP contribution in [0.25, 0.3) is 0 Å². The van der Waals surface area contributed by atoms with Gasteiger partial charge in [-0.25, -0.2) is 22.0 Å². The number of nitrogens with one attached hydrogen (secondary N) is 1. The number of rotatable bonds is 3. The molecule has 1 unspecified atom stereocenters. The predicted molar refractivity (Wildman–Crippen MR) is 81.8 cm³/mol. The number of benzene rings is 2. The fourth-order valence-corrected chi connectivity index (χ4v) is 2.64. The largest absolute Gasteiger partial charge is 0.323 e. The van der Waals surface area contributed by atoms with Crippen LogP contribution in [0.2, 0.25) is 0 Å². The van der Waals surface area contributed by atoms with Gasteiger partial charge in [-0.3, -0.25) is 9.59 Å². The van der Waals surface area contributed by atoms with Crippen molar-refractivity contribution in [3.63, 3.8) is 0 Å². The number of amides is 2. The van der Waals surface area contributed by atoms with E-state index in [-0.39, 0.29) is 18.7 Å². The molecule has 1 N–H and O–H groups in total. The highest BCUT2D eigenvalue weighted by Gasteiger charge is 2.35. The number of hydrogen-bond acceptors (Lipinski definition) is 2. The highest BCUT2D eigenvalue weighted by atomic mass is 19.2. The zero-order chi connectivity index (χ0) is 19.0. The molecule has 136 valence electrons. The third-order valence-corrected chi connectivity index (χ3v) is 4.00. The Bertz CT molecular complexity index is 903. The Kier molecular flexibility index (Phi) is 4.62. The molecule has 0 radical (unpaired) electrons. The fourth-order valence-electron chi connectivity index (χ4n) is 2.64. The van der Waals surface area contributed by atoms with E-state index < -0.39 is 52.5 Å². The molecule has 0 saturated carbocycles. The van der Waals surface area contributed by atoms with Gasteiger partial charge in [0.05, 0.1) is 11.6 Å². The minimum atomic E-state index is -1.73. The molecular formula is C17H11F5N2O2. The normalized spacial score (nSPS) is 16.9. The molecule has 1 aliphatic heterocycles. The van der Waals surface area contributed by atoms with Crippen molar-refractivity contribution < 1.29 is 31.5 Å². The number of anilines is 2. The summed E-state index contributed by atoms with van der Waals surface area (Å²) >= 11 is 0. The van der Waals surface area contributed by atoms with Crippen LogP contribution in [0.1, 0.15) is 6.42 Å². The molecule has 2 aromatic rings. The van der Waals surface area contributed by atoms with Crippen molar-refractivity contribution in [3.8, 4) is 0 Å². The van der Waals surface area contributed by atoms with Crippen LogP contribution < -0.4 is 10.2 Å². The molecule has 1 aliphatic rings. The van der Waals surface area contributed by atoms with Gasteiger partial charge in [0.1, 0.15) is 0 Å². The molecule has 2 amide bonds. The van der Waals surface area contributed by atoms with Gasteiger partial charge >= 0.3 is 0 Å². The fraction of sp³-hybridized carbons (Fsp3) is 0.176. The van der Waals surface area contributed by atoms with Crippen LogP contribution in [0.5, 0.6) is 0 Å². The molecule has 1 saturated heterocycles. The van der Waals surface area contributed by atoms with Crippen LogP contribution in [0.15, 0.2) is 30.3 Å². The molecule has 3 rings (SSSR count). The summed E-state index contributed by atoms with van der Waals surface area (Å²) in [6, 6.07) is 4.37. The van der Waals surface area contributed by atoms with Crippen molar-refractivity contribution in [1.82, 2.24) is 0 Å². The number of carbonyl (C=O) groups excluding carboxylic acids is 2. The van der Waals surface area contributed by atoms with E-state index in [2.05, 4.69) is 5.32 Å². The van der Waals surface area contributed by atoms with E-state index in [0.29, 0.717) is 6.07 Å². The van der Waals surface area contributed by atoms with E-state index in [1.54, 1.807) is 0 Å². The second-order valence-electron chi connectivity index (χ2n) is 5.72. The number of carbonyl (C=O) groups is 2. The Balaban J connectivity index is 1.75. The van der Waals surface area contributed by atoms with Gasteiger partial charge in [0.15, 0.2) is 29.1 Å². The number of nitrogens with zero attached hydrogens (tertiary/aromatic N) is 1. The topological polar surface area (TPSA) is 49.4 Å². The molecule has 1 heterocycles. The predicted octanol–water partition coefficient (Wildman–Crippen LogP) is 3.37. The van der Waals surface area contributed by atoms with E-state index in [9.17, 15) is 31.5 Å². The smallest absolute Gasteiger partial charge is 0.229 e. The van der Waals surface area contributed by atoms with Gasteiger partial charge in [0.2, 0.25) is 11.8 Å². The lowest BCUT2D eigenvalue weighted by atomic mass is 10.1. The third-order valence-electron chi connectivity index (χ3n) is 4.00. The minimum absolute atomic E-state index is 0.0724. The summed E-state index contributed by atoms with van der Waals surface area (Å²) in [4.78, 5) is 25.3. The van der Waals surface area contributed by atoms with E-state index in [1.165, 1.54) is 6.07 Å². The number of hydrogen-bond donors (Lipinski definition) is 1. The first-order valence-corrected chi connectivity index (χ1v) is 7.47. The van der Waals surface area contributed by atoms with Gasteiger partial charge in [-0.15, -0.1) is 0 Å². The summed E-state index contributed by atoms with van der Waals surface area (Å²) in [6.07, 6.45) is -0.254. The molecule has 1 atom stereocenters. The van der Waals surface area contributed by atoms with Crippen molar-refractivity contribution in [1.29, 1.82) is 0 Å². The zero-order valence-electron chi connectivity index (χ0n) is 13.0. The summed E-state index contributed by atoms with van der Waals surface area (Å²) in [7, 11) is 0. The van der Waals surface area contributed by atoms with Gasteiger partial charge in [0.25, 0.3) is 0 Å². The quantitative estimate of drug-likeness (QED) is 0.665. The lowest BCUT2D eigenvalue weighted by molar-refractivity contribution is -0.122. The molecule has 0 aliphatic carbocycles. The summed E-state index contributed by atoms with van der Waals surface area (Å²) in [5, 5.41) is 2.10. The Morgan fingerprint density at radius 2 is 1.65 bits per heavy atom. The maximum atomic E-state index is 13.6. The highest BCUT2D eigenvalue weighted by molar-refractivity contribution is 6.03. The molecule has 26 heavy (non-hydrogen) atoms. The SMILES string of the molecule is O=C(Nc1ccc(F)c(F)c1F)C1CC(=O)N(c2ccc(F)c(F)c2)C1. The summed E-state index contributed by atoms with van der Waals surface area (Å²) in [5.41, 5.74) is -0.490. The molecule has 2 aromatic carbocycles. The first kappa shape index (κ1) is 17.8. The molecule has 0 aromatic heterocycles. The van der Waals surface area contributed by atoms with Crippen molar-refractivity contribution in [2.45, 2.75) is 6.42 Å². The Hall–Kier alpha value is -2.97. The summed E-state index contributed by atoms with van der Waals surface area (Å²) in [6.45, 7) is -0.152. The molecule has 4 nitrogen and oxygen atoms in total. The second-order valence-corrected chi connectivity index (χ2v) is 5.72. The zero-order valence-corrected chi connectivity index (χ0v) is 13.0. The van der Waals surface area contributed by atoms with Gasteiger partial charge in [-0.2, -0.15) is 0 Å². The van der Waals surface area contributed by atoms with Crippen molar-refractivity contribution in [3.05, 3.63) is 59.4 Å². The Morgan fingerprint density at radius 1 is 0.962 bits per heavy atom. The van der Waals surface area contributed by atoms with Crippen LogP contribution >= 0.6 is 0 Å². The summed E-state index contributed by atoms with van der Waals surface area (Å²) in [5.74, 6) is -9.14. The van der Waals surface area contributed by atoms with Gasteiger partial charge < -0.3 is 10.2 Å². The van der Waals surface area contributed by atoms with E-state index in [1.807, 2.05) is 0 Å². The standard InChI is InChI=1S/C17H11F5N2O2/c18-10-2-1-9(6-12(10)20)24-7-8(5-14(24)25)17(26)23-13-4-3-11(19)15(21)16(13)22/h1-4,6,8H,5,7H2,(H,23,26). The monoisotopic (exact) mass is 370 g/mol. The lowest BCUT2D eigenvalue weighted by Crippen LogP contribution is -2.28. The highest BCUT2D eigenvalue weighted by Crippen LogP contribution is 2.28. The maximum absolute atomic E-state index is 13.6. The van der Waals surface area contributed by atoms with Crippen LogP contribution in [0, 0.1) is 35.0 Å².